The normalized spacial score (nSPS) is 12.2. The molecule has 1 aliphatic rings. The Morgan fingerprint density at radius 3 is 2.54 bits per heavy atom. The molecule has 0 atom stereocenters. The van der Waals surface area contributed by atoms with Gasteiger partial charge in [-0.05, 0) is 11.5 Å². The van der Waals surface area contributed by atoms with Gasteiger partial charge in [-0.1, -0.05) is 34.3 Å². The van der Waals surface area contributed by atoms with Gasteiger partial charge in [-0.3, -0.25) is 0 Å². The largest absolute Gasteiger partial charge is 0.474 e. The molecule has 0 amide bonds. The van der Waals surface area contributed by atoms with Crippen LogP contribution in [0.3, 0.4) is 0 Å². The summed E-state index contributed by atoms with van der Waals surface area (Å²) in [5.74, 6) is 1.52. The average molecular weight is 676 g/mol. The predicted octanol–water partition coefficient (Wildman–Crippen LogP) is 6.42. The van der Waals surface area contributed by atoms with Crippen molar-refractivity contribution in [3.05, 3.63) is 109 Å². The van der Waals surface area contributed by atoms with E-state index in [1.165, 1.54) is 10.8 Å². The van der Waals surface area contributed by atoms with Gasteiger partial charge in [-0.25, -0.2) is 0 Å². The zero-order chi connectivity index (χ0) is 24.1. The zero-order valence-corrected chi connectivity index (χ0v) is 22.7. The molecular formula is C30H18N5PtS-. The maximum Gasteiger partial charge on any atom is 0.474 e. The molecule has 0 radical (unpaired) electrons. The van der Waals surface area contributed by atoms with E-state index in [9.17, 15) is 0 Å². The molecule has 0 saturated heterocycles. The Labute approximate surface area is 232 Å². The van der Waals surface area contributed by atoms with Crippen LogP contribution in [0.1, 0.15) is 0 Å². The summed E-state index contributed by atoms with van der Waals surface area (Å²) in [5, 5.41) is 2.39. The van der Waals surface area contributed by atoms with Gasteiger partial charge in [0, 0.05) is 31.6 Å². The van der Waals surface area contributed by atoms with E-state index in [0.717, 1.165) is 43.8 Å². The maximum atomic E-state index is 4.49. The number of hydrogen-bond donors (Lipinski definition) is 0. The van der Waals surface area contributed by atoms with Crippen molar-refractivity contribution in [2.24, 2.45) is 0 Å². The second kappa shape index (κ2) is 9.57. The molecule has 0 fully saturated rings. The van der Waals surface area contributed by atoms with Crippen LogP contribution >= 0.6 is 11.8 Å². The van der Waals surface area contributed by atoms with Crippen molar-refractivity contribution in [2.75, 3.05) is 7.05 Å². The van der Waals surface area contributed by atoms with Gasteiger partial charge in [0.15, 0.2) is 6.20 Å². The van der Waals surface area contributed by atoms with Gasteiger partial charge in [0.25, 0.3) is 0 Å². The second-order valence-electron chi connectivity index (χ2n) is 8.40. The molecule has 0 saturated carbocycles. The number of benzene rings is 4. The molecule has 0 bridgehead atoms. The van der Waals surface area contributed by atoms with Crippen molar-refractivity contribution >= 4 is 56.9 Å². The first-order chi connectivity index (χ1) is 17.8. The Balaban J connectivity index is 0.00000252. The van der Waals surface area contributed by atoms with Crippen molar-refractivity contribution in [1.82, 2.24) is 19.1 Å². The Bertz CT molecular complexity index is 1870. The molecule has 0 unspecified atom stereocenters. The monoisotopic (exact) mass is 675 g/mol. The minimum absolute atomic E-state index is 0. The summed E-state index contributed by atoms with van der Waals surface area (Å²) in [4.78, 5) is 10.9. The van der Waals surface area contributed by atoms with Crippen LogP contribution in [0.4, 0.5) is 17.3 Å². The van der Waals surface area contributed by atoms with Crippen LogP contribution in [0.2, 0.25) is 0 Å². The van der Waals surface area contributed by atoms with Crippen molar-refractivity contribution in [1.29, 1.82) is 0 Å². The van der Waals surface area contributed by atoms with E-state index >= 15 is 0 Å². The molecule has 7 rings (SSSR count). The average Bonchev–Trinajstić information content (AvgIpc) is 3.44. The van der Waals surface area contributed by atoms with Crippen LogP contribution in [0, 0.1) is 18.2 Å². The van der Waals surface area contributed by atoms with Crippen LogP contribution in [-0.4, -0.2) is 32.2 Å². The third kappa shape index (κ3) is 4.04. The summed E-state index contributed by atoms with van der Waals surface area (Å²) in [7, 11) is 1.92. The molecule has 3 heterocycles. The van der Waals surface area contributed by atoms with E-state index in [0.29, 0.717) is 0 Å². The molecule has 4 aromatic carbocycles. The third-order valence-corrected chi connectivity index (χ3v) is 7.08. The van der Waals surface area contributed by atoms with Crippen LogP contribution in [-0.2, 0) is 21.1 Å². The summed E-state index contributed by atoms with van der Waals surface area (Å²) < 4.78 is 5.98. The first-order valence-electron chi connectivity index (χ1n) is 11.5. The minimum atomic E-state index is 0. The molecule has 5 nitrogen and oxygen atoms in total. The fraction of sp³-hybridized carbons (Fsp3) is 0.0333. The van der Waals surface area contributed by atoms with E-state index in [1.54, 1.807) is 24.2 Å². The second-order valence-corrected chi connectivity index (χ2v) is 9.48. The Morgan fingerprint density at radius 2 is 1.68 bits per heavy atom. The fourth-order valence-electron chi connectivity index (χ4n) is 4.61. The Morgan fingerprint density at radius 1 is 0.838 bits per heavy atom. The number of aromatic nitrogens is 3. The first kappa shape index (κ1) is 23.6. The van der Waals surface area contributed by atoms with Gasteiger partial charge in [0.05, 0.1) is 11.9 Å². The molecule has 0 aliphatic carbocycles. The quantitative estimate of drug-likeness (QED) is 0.160. The Kier molecular flexibility index (Phi) is 6.09. The molecule has 0 spiro atoms. The van der Waals surface area contributed by atoms with Gasteiger partial charge in [0.1, 0.15) is 7.05 Å². The van der Waals surface area contributed by atoms with E-state index in [-0.39, 0.29) is 21.1 Å². The molecular weight excluding hydrogens is 658 g/mol. The Hall–Kier alpha value is -3.82. The van der Waals surface area contributed by atoms with E-state index in [2.05, 4.69) is 87.3 Å². The topological polar surface area (TPSA) is 36.7 Å². The summed E-state index contributed by atoms with van der Waals surface area (Å²) in [6, 6.07) is 40.6. The number of para-hydroxylation sites is 2. The zero-order valence-electron chi connectivity index (χ0n) is 19.6. The van der Waals surface area contributed by atoms with Gasteiger partial charge in [0.2, 0.25) is 0 Å². The van der Waals surface area contributed by atoms with E-state index < -0.39 is 0 Å². The van der Waals surface area contributed by atoms with Crippen LogP contribution in [0.5, 0.6) is 0 Å². The number of nitrogens with zero attached hydrogens (tertiary/aromatic N) is 5. The van der Waals surface area contributed by atoms with Crippen LogP contribution in [0.25, 0.3) is 27.5 Å². The molecule has 7 heteroatoms. The van der Waals surface area contributed by atoms with E-state index in [1.807, 2.05) is 46.5 Å². The molecule has 37 heavy (non-hydrogen) atoms. The van der Waals surface area contributed by atoms with Crippen molar-refractivity contribution in [3.63, 3.8) is 0 Å². The van der Waals surface area contributed by atoms with Gasteiger partial charge in [-0.2, -0.15) is 53.5 Å². The number of rotatable bonds is 4. The summed E-state index contributed by atoms with van der Waals surface area (Å²) in [6.07, 6.45) is 3.38. The van der Waals surface area contributed by atoms with Crippen LogP contribution in [0.15, 0.2) is 101 Å². The fourth-order valence-corrected chi connectivity index (χ4v) is 5.44. The molecule has 1 aliphatic heterocycles. The standard InChI is InChI=1S/C30H18N5S.Pt/c1-33-20-34(30-29(33)31-16-17-32-30)22-10-7-11-23(18-22)36-24-14-15-28-26(19-24)25-12-5-6-13-27(25)35(28)21-8-3-2-4-9-21;/h2-8,10-13,15-17,19H,1H3;/q-1;. The summed E-state index contributed by atoms with van der Waals surface area (Å²) >= 11 is 1.64. The number of hydrogen-bond acceptors (Lipinski definition) is 3. The molecule has 180 valence electrons. The third-order valence-electron chi connectivity index (χ3n) is 6.17. The van der Waals surface area contributed by atoms with E-state index in [4.69, 9.17) is 0 Å². The first-order valence-corrected chi connectivity index (χ1v) is 12.3. The SMILES string of the molecule is C[N+]1=C=[N+](c2[c-]c(Sc3[c-]cc4c(c3)c3ccccc3n4-c3[c-]cccc3)ccc2)c2nccnc21.[Pt]. The maximum absolute atomic E-state index is 4.49. The molecule has 6 aromatic rings. The van der Waals surface area contributed by atoms with Crippen LogP contribution < -0.4 is 4.58 Å². The van der Waals surface area contributed by atoms with Gasteiger partial charge in [-0.15, -0.1) is 55.5 Å². The molecule has 2 aromatic heterocycles. The van der Waals surface area contributed by atoms with Gasteiger partial charge < -0.3 is 4.57 Å². The van der Waals surface area contributed by atoms with Crippen molar-refractivity contribution in [3.8, 4) is 5.69 Å². The summed E-state index contributed by atoms with van der Waals surface area (Å²) in [6.45, 7) is 0. The van der Waals surface area contributed by atoms with Crippen molar-refractivity contribution < 1.29 is 25.6 Å². The summed E-state index contributed by atoms with van der Waals surface area (Å²) in [5.41, 5.74) is 4.15. The van der Waals surface area contributed by atoms with Crippen molar-refractivity contribution in [2.45, 2.75) is 9.79 Å². The molecule has 0 N–H and O–H groups in total. The smallest absolute Gasteiger partial charge is 0.387 e. The predicted molar refractivity (Wildman–Crippen MR) is 142 cm³/mol. The minimum Gasteiger partial charge on any atom is -0.387 e. The number of fused-ring (bicyclic) bond motifs is 4. The van der Waals surface area contributed by atoms with Gasteiger partial charge >= 0.3 is 17.6 Å².